The quantitative estimate of drug-likeness (QED) is 0.621. The van der Waals surface area contributed by atoms with Crippen LogP contribution in [0.5, 0.6) is 0 Å². The van der Waals surface area contributed by atoms with Gasteiger partial charge in [0.15, 0.2) is 0 Å². The molecule has 0 aromatic rings. The molecule has 0 spiro atoms. The van der Waals surface area contributed by atoms with Gasteiger partial charge >= 0.3 is 5.97 Å². The number of ether oxygens (including phenoxy) is 1. The number of fused-ring (bicyclic) bond motifs is 1. The molecule has 3 atom stereocenters. The highest BCUT2D eigenvalue weighted by Gasteiger charge is 2.72. The van der Waals surface area contributed by atoms with Crippen LogP contribution < -0.4 is 0 Å². The maximum Gasteiger partial charge on any atom is 0.317 e. The van der Waals surface area contributed by atoms with E-state index >= 15 is 0 Å². The van der Waals surface area contributed by atoms with Crippen LogP contribution in [0, 0.1) is 17.3 Å². The molecule has 23 heavy (non-hydrogen) atoms. The number of aliphatic carboxylic acids is 1. The highest BCUT2D eigenvalue weighted by atomic mass is 16.5. The van der Waals surface area contributed by atoms with Crippen LogP contribution in [0.3, 0.4) is 0 Å². The molecule has 134 valence electrons. The van der Waals surface area contributed by atoms with Crippen LogP contribution in [0.2, 0.25) is 0 Å². The van der Waals surface area contributed by atoms with Gasteiger partial charge in [-0.3, -0.25) is 9.69 Å². The lowest BCUT2D eigenvalue weighted by molar-refractivity contribution is -0.138. The van der Waals surface area contributed by atoms with Crippen LogP contribution in [-0.2, 0) is 9.53 Å². The summed E-state index contributed by atoms with van der Waals surface area (Å²) in [6.45, 7) is 11.6. The van der Waals surface area contributed by atoms with Crippen molar-refractivity contribution >= 4 is 5.97 Å². The van der Waals surface area contributed by atoms with Gasteiger partial charge in [-0.15, -0.1) is 0 Å². The van der Waals surface area contributed by atoms with Crippen LogP contribution >= 0.6 is 0 Å². The second-order valence-electron chi connectivity index (χ2n) is 8.28. The van der Waals surface area contributed by atoms with Gasteiger partial charge in [0.2, 0.25) is 0 Å². The third-order valence-electron chi connectivity index (χ3n) is 6.25. The molecule has 0 heterocycles. The van der Waals surface area contributed by atoms with E-state index in [0.29, 0.717) is 12.5 Å². The van der Waals surface area contributed by atoms with Gasteiger partial charge < -0.3 is 9.84 Å². The zero-order valence-corrected chi connectivity index (χ0v) is 15.4. The fourth-order valence-electron chi connectivity index (χ4n) is 4.74. The van der Waals surface area contributed by atoms with Gasteiger partial charge in [0.1, 0.15) is 0 Å². The van der Waals surface area contributed by atoms with E-state index < -0.39 is 5.97 Å². The van der Waals surface area contributed by atoms with Gasteiger partial charge in [-0.25, -0.2) is 0 Å². The molecule has 2 rings (SSSR count). The Morgan fingerprint density at radius 1 is 1.26 bits per heavy atom. The highest BCUT2D eigenvalue weighted by molar-refractivity contribution is 5.69. The average molecular weight is 325 g/mol. The van der Waals surface area contributed by atoms with Gasteiger partial charge in [0.05, 0.1) is 18.8 Å². The predicted octanol–water partition coefficient (Wildman–Crippen LogP) is 3.79. The molecular weight excluding hydrogens is 290 g/mol. The topological polar surface area (TPSA) is 49.8 Å². The third-order valence-corrected chi connectivity index (χ3v) is 6.25. The maximum atomic E-state index is 11.0. The van der Waals surface area contributed by atoms with Crippen molar-refractivity contribution in [3.05, 3.63) is 0 Å². The van der Waals surface area contributed by atoms with Crippen LogP contribution in [-0.4, -0.2) is 47.8 Å². The Morgan fingerprint density at radius 3 is 2.65 bits per heavy atom. The van der Waals surface area contributed by atoms with Gasteiger partial charge in [0, 0.05) is 6.54 Å². The van der Waals surface area contributed by atoms with Crippen LogP contribution in [0.15, 0.2) is 0 Å². The van der Waals surface area contributed by atoms with E-state index in [1.54, 1.807) is 0 Å². The molecule has 4 nitrogen and oxygen atoms in total. The molecule has 0 bridgehead atoms. The zero-order valence-electron chi connectivity index (χ0n) is 15.4. The number of carboxylic acids is 1. The first-order valence-electron chi connectivity index (χ1n) is 9.41. The van der Waals surface area contributed by atoms with Gasteiger partial charge in [-0.05, 0) is 43.1 Å². The first-order valence-corrected chi connectivity index (χ1v) is 9.41. The van der Waals surface area contributed by atoms with E-state index in [2.05, 4.69) is 27.7 Å². The van der Waals surface area contributed by atoms with Crippen molar-refractivity contribution in [3.8, 4) is 0 Å². The summed E-state index contributed by atoms with van der Waals surface area (Å²) in [4.78, 5) is 13.1. The van der Waals surface area contributed by atoms with Crippen molar-refractivity contribution in [1.29, 1.82) is 0 Å². The lowest BCUT2D eigenvalue weighted by atomic mass is 9.88. The lowest BCUT2D eigenvalue weighted by Gasteiger charge is -2.29. The first-order chi connectivity index (χ1) is 10.8. The highest BCUT2D eigenvalue weighted by Crippen LogP contribution is 2.70. The molecule has 2 saturated carbocycles. The second-order valence-corrected chi connectivity index (χ2v) is 8.28. The van der Waals surface area contributed by atoms with Crippen molar-refractivity contribution in [2.45, 2.75) is 71.8 Å². The molecule has 1 N–H and O–H groups in total. The molecule has 2 aliphatic rings. The van der Waals surface area contributed by atoms with Gasteiger partial charge in [-0.2, -0.15) is 0 Å². The maximum absolute atomic E-state index is 11.0. The summed E-state index contributed by atoms with van der Waals surface area (Å²) in [5, 5.41) is 9.08. The zero-order chi connectivity index (χ0) is 17.1. The fraction of sp³-hybridized carbons (Fsp3) is 0.947. The fourth-order valence-corrected chi connectivity index (χ4v) is 4.74. The Hall–Kier alpha value is -0.610. The molecule has 0 aromatic carbocycles. The molecule has 4 heteroatoms. The van der Waals surface area contributed by atoms with Crippen molar-refractivity contribution in [2.24, 2.45) is 17.3 Å². The summed E-state index contributed by atoms with van der Waals surface area (Å²) in [5.41, 5.74) is 0.348. The Morgan fingerprint density at radius 2 is 2.00 bits per heavy atom. The Balaban J connectivity index is 1.82. The standard InChI is InChI=1S/C19H35NO3/c1-5-6-7-10-20(14-17(21)22)11-12-23-19-13-15(2)8-9-16(19)18(19,3)4/h15-16H,5-14H2,1-4H3,(H,21,22). The SMILES string of the molecule is CCCCCN(CCOC12CC(C)CCC1C2(C)C)CC(=O)O. The number of hydrogen-bond acceptors (Lipinski definition) is 3. The summed E-state index contributed by atoms with van der Waals surface area (Å²) < 4.78 is 6.41. The molecule has 2 fully saturated rings. The molecule has 0 aliphatic heterocycles. The Kier molecular flexibility index (Phi) is 6.12. The van der Waals surface area contributed by atoms with Crippen LogP contribution in [0.25, 0.3) is 0 Å². The summed E-state index contributed by atoms with van der Waals surface area (Å²) in [7, 11) is 0. The summed E-state index contributed by atoms with van der Waals surface area (Å²) in [6.07, 6.45) is 7.16. The Labute approximate surface area is 141 Å². The number of carbonyl (C=O) groups is 1. The molecule has 2 aliphatic carbocycles. The minimum atomic E-state index is -0.740. The molecule has 0 aromatic heterocycles. The molecule has 3 unspecified atom stereocenters. The number of rotatable bonds is 10. The molecular formula is C19H35NO3. The molecule has 0 amide bonds. The van der Waals surface area contributed by atoms with Crippen molar-refractivity contribution in [3.63, 3.8) is 0 Å². The minimum absolute atomic E-state index is 0.0585. The monoisotopic (exact) mass is 325 g/mol. The number of hydrogen-bond donors (Lipinski definition) is 1. The van der Waals surface area contributed by atoms with E-state index in [4.69, 9.17) is 9.84 Å². The van der Waals surface area contributed by atoms with Gasteiger partial charge in [0.25, 0.3) is 0 Å². The second kappa shape index (κ2) is 7.52. The molecule has 0 radical (unpaired) electrons. The van der Waals surface area contributed by atoms with E-state index in [-0.39, 0.29) is 17.6 Å². The van der Waals surface area contributed by atoms with Crippen molar-refractivity contribution < 1.29 is 14.6 Å². The van der Waals surface area contributed by atoms with E-state index in [1.807, 2.05) is 4.90 Å². The first kappa shape index (κ1) is 18.7. The smallest absolute Gasteiger partial charge is 0.317 e. The minimum Gasteiger partial charge on any atom is -0.480 e. The average Bonchev–Trinajstić information content (AvgIpc) is 2.93. The number of carboxylic acid groups (broad SMARTS) is 1. The Bertz CT molecular complexity index is 409. The predicted molar refractivity (Wildman–Crippen MR) is 92.6 cm³/mol. The number of unbranched alkanes of at least 4 members (excludes halogenated alkanes) is 2. The van der Waals surface area contributed by atoms with E-state index in [1.165, 1.54) is 19.3 Å². The van der Waals surface area contributed by atoms with Crippen LogP contribution in [0.4, 0.5) is 0 Å². The van der Waals surface area contributed by atoms with Crippen LogP contribution in [0.1, 0.15) is 66.2 Å². The van der Waals surface area contributed by atoms with E-state index in [9.17, 15) is 4.79 Å². The molecule has 0 saturated heterocycles. The third kappa shape index (κ3) is 4.08. The largest absolute Gasteiger partial charge is 0.480 e. The summed E-state index contributed by atoms with van der Waals surface area (Å²) in [6, 6.07) is 0. The van der Waals surface area contributed by atoms with Gasteiger partial charge in [-0.1, -0.05) is 47.0 Å². The number of nitrogens with zero attached hydrogens (tertiary/aromatic N) is 1. The van der Waals surface area contributed by atoms with Crippen molar-refractivity contribution in [2.75, 3.05) is 26.2 Å². The summed E-state index contributed by atoms with van der Waals surface area (Å²) >= 11 is 0. The van der Waals surface area contributed by atoms with E-state index in [0.717, 1.165) is 38.3 Å². The summed E-state index contributed by atoms with van der Waals surface area (Å²) in [5.74, 6) is 0.697. The van der Waals surface area contributed by atoms with Crippen molar-refractivity contribution in [1.82, 2.24) is 4.90 Å². The lowest BCUT2D eigenvalue weighted by Crippen LogP contribution is -2.36. The normalized spacial score (nSPS) is 31.9.